The van der Waals surface area contributed by atoms with Crippen LogP contribution in [0.25, 0.3) is 0 Å². The molecule has 0 radical (unpaired) electrons. The molecule has 2 aliphatic rings. The van der Waals surface area contributed by atoms with Crippen molar-refractivity contribution in [2.75, 3.05) is 14.2 Å². The van der Waals surface area contributed by atoms with Gasteiger partial charge in [-0.25, -0.2) is 0 Å². The van der Waals surface area contributed by atoms with Crippen molar-refractivity contribution in [1.29, 1.82) is 0 Å². The van der Waals surface area contributed by atoms with Crippen molar-refractivity contribution >= 4 is 23.1 Å². The maximum absolute atomic E-state index is 13.3. The van der Waals surface area contributed by atoms with Crippen LogP contribution < -0.4 is 14.2 Å². The molecule has 0 spiro atoms. The lowest BCUT2D eigenvalue weighted by molar-refractivity contribution is -0.145. The van der Waals surface area contributed by atoms with Crippen molar-refractivity contribution < 1.29 is 42.2 Å². The third kappa shape index (κ3) is 5.54. The smallest absolute Gasteiger partial charge is 0.387 e. The number of carbonyl (C=O) groups is 4. The van der Waals surface area contributed by atoms with Crippen molar-refractivity contribution in [3.8, 4) is 17.2 Å². The third-order valence-electron chi connectivity index (χ3n) is 6.79. The molecule has 0 amide bonds. The Morgan fingerprint density at radius 2 is 1.09 bits per heavy atom. The molecule has 0 atom stereocenters. The molecule has 1 aromatic carbocycles. The largest absolute Gasteiger partial charge is 0.493 e. The fraction of sp³-hybridized carbons (Fsp3) is 0.615. The zero-order chi connectivity index (χ0) is 26.3. The van der Waals surface area contributed by atoms with E-state index in [9.17, 15) is 28.0 Å². The van der Waals surface area contributed by atoms with Gasteiger partial charge < -0.3 is 14.2 Å². The van der Waals surface area contributed by atoms with Crippen LogP contribution in [0.1, 0.15) is 64.9 Å². The predicted octanol–water partition coefficient (Wildman–Crippen LogP) is 4.54. The molecule has 2 fully saturated rings. The van der Waals surface area contributed by atoms with E-state index in [0.29, 0.717) is 0 Å². The SMILES string of the molecule is COc1cc(C(C2C(=O)CC(C)(C)CC2=O)C2C(=O)CC(C)(C)CC2=O)cc(OC)c1OC(F)F. The van der Waals surface area contributed by atoms with Gasteiger partial charge >= 0.3 is 6.61 Å². The van der Waals surface area contributed by atoms with Crippen LogP contribution in [0.4, 0.5) is 8.78 Å². The molecule has 9 heteroatoms. The van der Waals surface area contributed by atoms with Crippen LogP contribution in [-0.4, -0.2) is 44.0 Å². The number of ketones is 4. The second-order valence-corrected chi connectivity index (χ2v) is 11.0. The van der Waals surface area contributed by atoms with Crippen molar-refractivity contribution in [3.05, 3.63) is 17.7 Å². The molecule has 0 aliphatic heterocycles. The van der Waals surface area contributed by atoms with Crippen LogP contribution in [0.3, 0.4) is 0 Å². The third-order valence-corrected chi connectivity index (χ3v) is 6.79. The molecule has 1 aromatic rings. The van der Waals surface area contributed by atoms with E-state index in [-0.39, 0.29) is 71.6 Å². The second-order valence-electron chi connectivity index (χ2n) is 11.0. The normalized spacial score (nSPS) is 21.1. The highest BCUT2D eigenvalue weighted by atomic mass is 19.3. The maximum Gasteiger partial charge on any atom is 0.387 e. The summed E-state index contributed by atoms with van der Waals surface area (Å²) in [5, 5.41) is 0. The fourth-order valence-corrected chi connectivity index (χ4v) is 5.49. The number of hydrogen-bond acceptors (Lipinski definition) is 7. The molecule has 0 heterocycles. The Bertz CT molecular complexity index is 931. The van der Waals surface area contributed by atoms with Crippen LogP contribution in [-0.2, 0) is 19.2 Å². The standard InChI is InChI=1S/C26H32F2O7/c1-25(2)9-14(29)21(15(30)10-25)20(22-16(31)11-26(3,4)12-17(22)32)13-7-18(33-5)23(35-24(27)28)19(8-13)34-6/h7-8,20-22,24H,9-12H2,1-6H3. The molecule has 2 saturated carbocycles. The van der Waals surface area contributed by atoms with Gasteiger partial charge in [-0.2, -0.15) is 8.78 Å². The molecular weight excluding hydrogens is 462 g/mol. The summed E-state index contributed by atoms with van der Waals surface area (Å²) in [6.07, 6.45) is 0.450. The fourth-order valence-electron chi connectivity index (χ4n) is 5.49. The Morgan fingerprint density at radius 1 is 0.743 bits per heavy atom. The Kier molecular flexibility index (Phi) is 7.39. The van der Waals surface area contributed by atoms with Gasteiger partial charge in [0, 0.05) is 31.6 Å². The van der Waals surface area contributed by atoms with Gasteiger partial charge in [-0.05, 0) is 28.5 Å². The van der Waals surface area contributed by atoms with E-state index in [1.807, 2.05) is 27.7 Å². The zero-order valence-corrected chi connectivity index (χ0v) is 20.9. The summed E-state index contributed by atoms with van der Waals surface area (Å²) in [4.78, 5) is 53.2. The zero-order valence-electron chi connectivity index (χ0n) is 20.9. The minimum Gasteiger partial charge on any atom is -0.493 e. The number of benzene rings is 1. The van der Waals surface area contributed by atoms with Crippen molar-refractivity contribution in [1.82, 2.24) is 0 Å². The highest BCUT2D eigenvalue weighted by Crippen LogP contribution is 2.50. The van der Waals surface area contributed by atoms with Crippen LogP contribution in [0.15, 0.2) is 12.1 Å². The highest BCUT2D eigenvalue weighted by molar-refractivity contribution is 6.11. The van der Waals surface area contributed by atoms with E-state index < -0.39 is 35.2 Å². The van der Waals surface area contributed by atoms with E-state index in [1.54, 1.807) is 0 Å². The summed E-state index contributed by atoms with van der Waals surface area (Å²) in [6.45, 7) is 4.10. The molecule has 0 saturated heterocycles. The molecular formula is C26H32F2O7. The predicted molar refractivity (Wildman–Crippen MR) is 122 cm³/mol. The van der Waals surface area contributed by atoms with E-state index in [4.69, 9.17) is 9.47 Å². The average molecular weight is 495 g/mol. The first-order valence-corrected chi connectivity index (χ1v) is 11.5. The minimum atomic E-state index is -3.16. The molecule has 35 heavy (non-hydrogen) atoms. The number of hydrogen-bond donors (Lipinski definition) is 0. The highest BCUT2D eigenvalue weighted by Gasteiger charge is 2.52. The van der Waals surface area contributed by atoms with Gasteiger partial charge in [0.15, 0.2) is 11.5 Å². The van der Waals surface area contributed by atoms with E-state index in [2.05, 4.69) is 4.74 Å². The van der Waals surface area contributed by atoms with Crippen molar-refractivity contribution in [2.45, 2.75) is 65.9 Å². The number of carbonyl (C=O) groups excluding carboxylic acids is 4. The minimum absolute atomic E-state index is 0.112. The monoisotopic (exact) mass is 494 g/mol. The number of rotatable bonds is 7. The first kappa shape index (κ1) is 26.8. The van der Waals surface area contributed by atoms with Crippen LogP contribution in [0, 0.1) is 22.7 Å². The summed E-state index contributed by atoms with van der Waals surface area (Å²) < 4.78 is 41.1. The lowest BCUT2D eigenvalue weighted by Crippen LogP contribution is -2.48. The number of alkyl halides is 2. The molecule has 192 valence electrons. The molecule has 0 unspecified atom stereocenters. The van der Waals surface area contributed by atoms with Gasteiger partial charge in [0.2, 0.25) is 5.75 Å². The quantitative estimate of drug-likeness (QED) is 0.514. The first-order chi connectivity index (χ1) is 16.2. The van der Waals surface area contributed by atoms with E-state index >= 15 is 0 Å². The van der Waals surface area contributed by atoms with Gasteiger partial charge in [-0.1, -0.05) is 27.7 Å². The maximum atomic E-state index is 13.3. The van der Waals surface area contributed by atoms with Gasteiger partial charge in [-0.3, -0.25) is 19.2 Å². The van der Waals surface area contributed by atoms with Gasteiger partial charge in [0.25, 0.3) is 0 Å². The molecule has 0 aromatic heterocycles. The topological polar surface area (TPSA) is 96.0 Å². The van der Waals surface area contributed by atoms with Crippen LogP contribution in [0.5, 0.6) is 17.2 Å². The molecule has 2 aliphatic carbocycles. The Labute approximate surface area is 203 Å². The molecule has 7 nitrogen and oxygen atoms in total. The Hall–Kier alpha value is -2.84. The molecule has 0 N–H and O–H groups in total. The average Bonchev–Trinajstić information content (AvgIpc) is 2.69. The number of halogens is 2. The number of ether oxygens (including phenoxy) is 3. The second kappa shape index (κ2) is 9.66. The van der Waals surface area contributed by atoms with Crippen molar-refractivity contribution in [2.24, 2.45) is 22.7 Å². The van der Waals surface area contributed by atoms with Gasteiger partial charge in [0.05, 0.1) is 26.1 Å². The summed E-state index contributed by atoms with van der Waals surface area (Å²) in [5.41, 5.74) is -0.831. The van der Waals surface area contributed by atoms with Crippen LogP contribution in [0.2, 0.25) is 0 Å². The van der Waals surface area contributed by atoms with E-state index in [0.717, 1.165) is 0 Å². The molecule has 3 rings (SSSR count). The van der Waals surface area contributed by atoms with Crippen molar-refractivity contribution in [3.63, 3.8) is 0 Å². The number of Topliss-reactive ketones (excluding diaryl/α,β-unsaturated/α-hetero) is 4. The van der Waals surface area contributed by atoms with Gasteiger partial charge in [-0.15, -0.1) is 0 Å². The number of methoxy groups -OCH3 is 2. The van der Waals surface area contributed by atoms with Gasteiger partial charge in [0.1, 0.15) is 23.1 Å². The molecule has 0 bridgehead atoms. The van der Waals surface area contributed by atoms with Crippen LogP contribution >= 0.6 is 0 Å². The summed E-state index contributed by atoms with van der Waals surface area (Å²) in [7, 11) is 2.48. The summed E-state index contributed by atoms with van der Waals surface area (Å²) in [5.74, 6) is -5.59. The Morgan fingerprint density at radius 3 is 1.37 bits per heavy atom. The summed E-state index contributed by atoms with van der Waals surface area (Å²) >= 11 is 0. The summed E-state index contributed by atoms with van der Waals surface area (Å²) in [6, 6.07) is 2.68. The lowest BCUT2D eigenvalue weighted by atomic mass is 9.59. The first-order valence-electron chi connectivity index (χ1n) is 11.5. The lowest BCUT2D eigenvalue weighted by Gasteiger charge is -2.41. The Balaban J connectivity index is 2.21. The van der Waals surface area contributed by atoms with E-state index in [1.165, 1.54) is 26.4 Å².